The largest absolute Gasteiger partial charge is 0.457 e. The third kappa shape index (κ3) is 6.52. The summed E-state index contributed by atoms with van der Waals surface area (Å²) in [6, 6.07) is 23.5. The molecule has 58 heavy (non-hydrogen) atoms. The molecule has 15 nitrogen and oxygen atoms in total. The van der Waals surface area contributed by atoms with Crippen molar-refractivity contribution in [3.63, 3.8) is 0 Å². The number of hydrogen-bond donors (Lipinski definition) is 3. The molecule has 298 valence electrons. The van der Waals surface area contributed by atoms with Crippen LogP contribution in [0.15, 0.2) is 79.1 Å². The van der Waals surface area contributed by atoms with Crippen LogP contribution >= 0.6 is 0 Å². The summed E-state index contributed by atoms with van der Waals surface area (Å²) in [5, 5.41) is 19.3. The standard InChI is InChI=1S/C43H46N10O5/c44-39-37-38(26-6-9-32(10-7-26)58-31-4-2-1-3-5-31)48-53(40(37)46-25-45-39)28-16-20-49(21-17-28)27-14-18-50(19-15-27)30-23-51(24-30)29-8-11-33-34(22-29)43(57)52(42(33)56)35-12-13-36(54)47-41(35)55/h1-11,22,25,27-28,30,35,43,57H,12-21,23-24H2,(H2,44,45,46)(H,47,54,55). The Bertz CT molecular complexity index is 2370. The number of para-hydroxylation sites is 1. The van der Waals surface area contributed by atoms with Crippen LogP contribution in [0.3, 0.4) is 0 Å². The molecule has 3 amide bonds. The van der Waals surface area contributed by atoms with E-state index in [4.69, 9.17) is 15.6 Å². The molecule has 3 aromatic carbocycles. The van der Waals surface area contributed by atoms with Gasteiger partial charge in [-0.05, 0) is 86.7 Å². The summed E-state index contributed by atoms with van der Waals surface area (Å²) in [7, 11) is 0. The van der Waals surface area contributed by atoms with E-state index in [-0.39, 0.29) is 30.7 Å². The number of nitrogen functional groups attached to an aromatic ring is 1. The number of nitrogens with one attached hydrogen (secondary N) is 1. The molecule has 0 aliphatic carbocycles. The molecule has 4 N–H and O–H groups in total. The number of anilines is 2. The lowest BCUT2D eigenvalue weighted by atomic mass is 9.95. The zero-order chi connectivity index (χ0) is 39.5. The molecule has 0 radical (unpaired) electrons. The summed E-state index contributed by atoms with van der Waals surface area (Å²) < 4.78 is 8.09. The first-order chi connectivity index (χ1) is 28.3. The Kier molecular flexibility index (Phi) is 9.30. The van der Waals surface area contributed by atoms with Crippen LogP contribution in [0.25, 0.3) is 22.3 Å². The van der Waals surface area contributed by atoms with Crippen LogP contribution in [0.2, 0.25) is 0 Å². The number of benzene rings is 3. The maximum absolute atomic E-state index is 13.2. The van der Waals surface area contributed by atoms with E-state index in [1.807, 2.05) is 66.7 Å². The average Bonchev–Trinajstić information content (AvgIpc) is 3.74. The lowest BCUT2D eigenvalue weighted by Crippen LogP contribution is -2.62. The zero-order valence-electron chi connectivity index (χ0n) is 32.1. The third-order valence-electron chi connectivity index (χ3n) is 12.8. The number of aliphatic hydroxyl groups excluding tert-OH is 1. The molecular weight excluding hydrogens is 737 g/mol. The highest BCUT2D eigenvalue weighted by Crippen LogP contribution is 2.40. The van der Waals surface area contributed by atoms with E-state index in [0.717, 1.165) is 104 Å². The minimum absolute atomic E-state index is 0.139. The average molecular weight is 783 g/mol. The summed E-state index contributed by atoms with van der Waals surface area (Å²) in [6.07, 6.45) is 4.87. The first kappa shape index (κ1) is 36.4. The summed E-state index contributed by atoms with van der Waals surface area (Å²) in [5.74, 6) is 0.678. The van der Waals surface area contributed by atoms with Gasteiger partial charge in [0, 0.05) is 80.2 Å². The summed E-state index contributed by atoms with van der Waals surface area (Å²) in [4.78, 5) is 55.1. The van der Waals surface area contributed by atoms with Gasteiger partial charge < -0.3 is 25.4 Å². The van der Waals surface area contributed by atoms with E-state index >= 15 is 0 Å². The lowest BCUT2D eigenvalue weighted by molar-refractivity contribution is -0.139. The molecule has 2 unspecified atom stereocenters. The number of ether oxygens (including phenoxy) is 1. The number of carbonyl (C=O) groups is 3. The minimum Gasteiger partial charge on any atom is -0.457 e. The van der Waals surface area contributed by atoms with Crippen LogP contribution in [0.4, 0.5) is 11.5 Å². The Labute approximate surface area is 335 Å². The highest BCUT2D eigenvalue weighted by Gasteiger charge is 2.45. The smallest absolute Gasteiger partial charge is 0.257 e. The van der Waals surface area contributed by atoms with E-state index in [1.54, 1.807) is 6.07 Å². The number of piperidine rings is 3. The molecule has 4 fully saturated rings. The summed E-state index contributed by atoms with van der Waals surface area (Å²) >= 11 is 0. The predicted octanol–water partition coefficient (Wildman–Crippen LogP) is 4.11. The monoisotopic (exact) mass is 782 g/mol. The van der Waals surface area contributed by atoms with Crippen molar-refractivity contribution >= 4 is 40.3 Å². The van der Waals surface area contributed by atoms with Gasteiger partial charge in [0.15, 0.2) is 11.9 Å². The molecule has 2 aromatic heterocycles. The number of rotatable bonds is 8. The molecule has 4 saturated heterocycles. The van der Waals surface area contributed by atoms with Gasteiger partial charge in [-0.2, -0.15) is 5.10 Å². The van der Waals surface area contributed by atoms with Gasteiger partial charge in [-0.15, -0.1) is 0 Å². The number of carbonyl (C=O) groups excluding carboxylic acids is 3. The molecular formula is C43H46N10O5. The van der Waals surface area contributed by atoms with Gasteiger partial charge in [0.1, 0.15) is 35.4 Å². The van der Waals surface area contributed by atoms with E-state index in [1.165, 1.54) is 11.2 Å². The van der Waals surface area contributed by atoms with Crippen LogP contribution in [0.1, 0.15) is 66.7 Å². The van der Waals surface area contributed by atoms with E-state index in [2.05, 4.69) is 34.7 Å². The third-order valence-corrected chi connectivity index (χ3v) is 12.8. The first-order valence-corrected chi connectivity index (χ1v) is 20.3. The molecule has 0 saturated carbocycles. The molecule has 5 aliphatic heterocycles. The van der Waals surface area contributed by atoms with Gasteiger partial charge in [-0.3, -0.25) is 29.5 Å². The quantitative estimate of drug-likeness (QED) is 0.193. The minimum atomic E-state index is -1.22. The maximum Gasteiger partial charge on any atom is 0.257 e. The van der Waals surface area contributed by atoms with Gasteiger partial charge in [-0.25, -0.2) is 14.6 Å². The van der Waals surface area contributed by atoms with Gasteiger partial charge >= 0.3 is 0 Å². The normalized spacial score (nSPS) is 22.7. The van der Waals surface area contributed by atoms with E-state index in [9.17, 15) is 19.5 Å². The molecule has 0 bridgehead atoms. The number of fused-ring (bicyclic) bond motifs is 2. The molecule has 15 heteroatoms. The Balaban J connectivity index is 0.731. The predicted molar refractivity (Wildman–Crippen MR) is 216 cm³/mol. The molecule has 5 aromatic rings. The van der Waals surface area contributed by atoms with E-state index < -0.39 is 18.2 Å². The molecule has 5 aliphatic rings. The highest BCUT2D eigenvalue weighted by atomic mass is 16.5. The van der Waals surface area contributed by atoms with Crippen molar-refractivity contribution in [2.75, 3.05) is 49.9 Å². The van der Waals surface area contributed by atoms with E-state index in [0.29, 0.717) is 29.0 Å². The second kappa shape index (κ2) is 14.8. The van der Waals surface area contributed by atoms with Gasteiger partial charge in [0.25, 0.3) is 5.91 Å². The maximum atomic E-state index is 13.2. The second-order valence-corrected chi connectivity index (χ2v) is 16.1. The number of aromatic nitrogens is 4. The zero-order valence-corrected chi connectivity index (χ0v) is 32.1. The van der Waals surface area contributed by atoms with Crippen LogP contribution in [0.5, 0.6) is 11.5 Å². The van der Waals surface area contributed by atoms with Crippen molar-refractivity contribution in [3.8, 4) is 22.8 Å². The summed E-state index contributed by atoms with van der Waals surface area (Å²) in [5.41, 5.74) is 10.8. The fourth-order valence-electron chi connectivity index (χ4n) is 9.58. The second-order valence-electron chi connectivity index (χ2n) is 16.1. The van der Waals surface area contributed by atoms with Crippen molar-refractivity contribution in [2.45, 2.75) is 68.9 Å². The van der Waals surface area contributed by atoms with Crippen molar-refractivity contribution < 1.29 is 24.2 Å². The molecule has 7 heterocycles. The fraction of sp³-hybridized carbons (Fsp3) is 0.395. The topological polar surface area (TPSA) is 175 Å². The highest BCUT2D eigenvalue weighted by molar-refractivity contribution is 6.06. The number of nitrogens with two attached hydrogens (primary N) is 1. The molecule has 10 rings (SSSR count). The van der Waals surface area contributed by atoms with Gasteiger partial charge in [0.05, 0.1) is 11.4 Å². The van der Waals surface area contributed by atoms with Crippen LogP contribution in [-0.4, -0.2) is 115 Å². The van der Waals surface area contributed by atoms with Crippen molar-refractivity contribution in [1.82, 2.24) is 39.8 Å². The fourth-order valence-corrected chi connectivity index (χ4v) is 9.58. The Morgan fingerprint density at radius 2 is 1.47 bits per heavy atom. The molecule has 2 atom stereocenters. The molecule has 0 spiro atoms. The van der Waals surface area contributed by atoms with Gasteiger partial charge in [-0.1, -0.05) is 18.2 Å². The number of aliphatic hydroxyl groups is 1. The Hall–Kier alpha value is -5.90. The SMILES string of the molecule is Nc1ncnc2c1c(-c1ccc(Oc3ccccc3)cc1)nn2C1CCN(C2CCN(C3CN(c4ccc5c(c4)C(O)N(C4CCC(=O)NC4=O)C5=O)C3)CC2)CC1. The summed E-state index contributed by atoms with van der Waals surface area (Å²) in [6.45, 7) is 5.89. The number of nitrogens with zero attached hydrogens (tertiary/aromatic N) is 8. The van der Waals surface area contributed by atoms with Crippen LogP contribution in [-0.2, 0) is 9.59 Å². The number of hydrogen-bond acceptors (Lipinski definition) is 12. The van der Waals surface area contributed by atoms with Crippen LogP contribution < -0.4 is 20.7 Å². The number of imide groups is 1. The van der Waals surface area contributed by atoms with Crippen molar-refractivity contribution in [2.24, 2.45) is 0 Å². The van der Waals surface area contributed by atoms with Crippen molar-refractivity contribution in [3.05, 3.63) is 90.3 Å². The Morgan fingerprint density at radius 1 is 0.776 bits per heavy atom. The number of likely N-dealkylation sites (tertiary alicyclic amines) is 2. The lowest BCUT2D eigenvalue weighted by Gasteiger charge is -2.50. The number of amides is 3. The Morgan fingerprint density at radius 3 is 2.19 bits per heavy atom. The van der Waals surface area contributed by atoms with Crippen molar-refractivity contribution in [1.29, 1.82) is 0 Å². The van der Waals surface area contributed by atoms with Gasteiger partial charge in [0.2, 0.25) is 11.8 Å². The first-order valence-electron chi connectivity index (χ1n) is 20.3. The van der Waals surface area contributed by atoms with Crippen LogP contribution in [0, 0.1) is 0 Å².